The third-order valence-corrected chi connectivity index (χ3v) is 3.33. The minimum Gasteiger partial charge on any atom is -0.354 e. The number of imidazole rings is 1. The molecule has 1 aliphatic heterocycles. The van der Waals surface area contributed by atoms with E-state index < -0.39 is 0 Å². The second kappa shape index (κ2) is 4.49. The summed E-state index contributed by atoms with van der Waals surface area (Å²) in [4.78, 5) is 11.7. The minimum atomic E-state index is 0.643. The number of nitrogens with one attached hydrogen (secondary N) is 3. The Kier molecular flexibility index (Phi) is 2.83. The van der Waals surface area contributed by atoms with Crippen LogP contribution in [0.15, 0.2) is 17.4 Å². The maximum absolute atomic E-state index is 6.24. The van der Waals surface area contributed by atoms with Gasteiger partial charge in [0.25, 0.3) is 0 Å². The molecule has 0 fully saturated rings. The molecule has 5 nitrogen and oxygen atoms in total. The molecule has 18 heavy (non-hydrogen) atoms. The Morgan fingerprint density at radius 2 is 2.39 bits per heavy atom. The van der Waals surface area contributed by atoms with Crippen molar-refractivity contribution in [2.75, 3.05) is 18.4 Å². The molecule has 1 aromatic carbocycles. The lowest BCUT2D eigenvalue weighted by atomic mass is 10.1. The number of aryl methyl sites for hydroxylation is 1. The van der Waals surface area contributed by atoms with E-state index in [0.717, 1.165) is 42.2 Å². The van der Waals surface area contributed by atoms with E-state index in [1.54, 1.807) is 6.33 Å². The highest BCUT2D eigenvalue weighted by molar-refractivity contribution is 6.35. The Bertz CT molecular complexity index is 616. The average molecular weight is 264 g/mol. The Balaban J connectivity index is 2.09. The van der Waals surface area contributed by atoms with Gasteiger partial charge >= 0.3 is 0 Å². The largest absolute Gasteiger partial charge is 0.354 e. The quantitative estimate of drug-likeness (QED) is 0.778. The predicted octanol–water partition coefficient (Wildman–Crippen LogP) is 2.15. The summed E-state index contributed by atoms with van der Waals surface area (Å²) < 4.78 is 0. The molecule has 1 aromatic heterocycles. The summed E-state index contributed by atoms with van der Waals surface area (Å²) in [6.45, 7) is 3.80. The van der Waals surface area contributed by atoms with Crippen LogP contribution >= 0.6 is 11.6 Å². The van der Waals surface area contributed by atoms with Crippen LogP contribution in [-0.4, -0.2) is 29.0 Å². The van der Waals surface area contributed by atoms with Gasteiger partial charge in [-0.2, -0.15) is 0 Å². The highest BCUT2D eigenvalue weighted by atomic mass is 35.5. The molecule has 0 saturated heterocycles. The van der Waals surface area contributed by atoms with Gasteiger partial charge in [0.1, 0.15) is 5.52 Å². The van der Waals surface area contributed by atoms with Gasteiger partial charge in [-0.25, -0.2) is 4.98 Å². The van der Waals surface area contributed by atoms with Crippen LogP contribution in [0, 0.1) is 0 Å². The molecule has 0 spiro atoms. The molecule has 0 aliphatic carbocycles. The maximum Gasteiger partial charge on any atom is 0.195 e. The van der Waals surface area contributed by atoms with Crippen molar-refractivity contribution in [3.05, 3.63) is 23.0 Å². The number of guanidine groups is 1. The first kappa shape index (κ1) is 11.3. The summed E-state index contributed by atoms with van der Waals surface area (Å²) in [5.41, 5.74) is 3.96. The van der Waals surface area contributed by atoms with Crippen molar-refractivity contribution in [2.45, 2.75) is 13.3 Å². The average Bonchev–Trinajstić information content (AvgIpc) is 3.00. The van der Waals surface area contributed by atoms with E-state index in [0.29, 0.717) is 5.02 Å². The summed E-state index contributed by atoms with van der Waals surface area (Å²) in [5, 5.41) is 7.12. The Morgan fingerprint density at radius 1 is 1.50 bits per heavy atom. The fraction of sp³-hybridized carbons (Fsp3) is 0.333. The zero-order chi connectivity index (χ0) is 12.5. The molecule has 2 aromatic rings. The number of hydrogen-bond donors (Lipinski definition) is 3. The van der Waals surface area contributed by atoms with Gasteiger partial charge in [0.15, 0.2) is 5.96 Å². The zero-order valence-electron chi connectivity index (χ0n) is 10.0. The number of H-pyrrole nitrogens is 1. The number of benzene rings is 1. The Hall–Kier alpha value is -1.75. The van der Waals surface area contributed by atoms with Gasteiger partial charge in [-0.3, -0.25) is 4.99 Å². The highest BCUT2D eigenvalue weighted by Crippen LogP contribution is 2.31. The Labute approximate surface area is 110 Å². The molecule has 0 amide bonds. The van der Waals surface area contributed by atoms with E-state index in [-0.39, 0.29) is 0 Å². The van der Waals surface area contributed by atoms with Gasteiger partial charge in [0.2, 0.25) is 0 Å². The van der Waals surface area contributed by atoms with Crippen LogP contribution < -0.4 is 10.6 Å². The topological polar surface area (TPSA) is 65.1 Å². The summed E-state index contributed by atoms with van der Waals surface area (Å²) in [7, 11) is 0. The van der Waals surface area contributed by atoms with Crippen molar-refractivity contribution in [3.8, 4) is 0 Å². The van der Waals surface area contributed by atoms with E-state index in [1.165, 1.54) is 5.56 Å². The molecule has 0 saturated carbocycles. The van der Waals surface area contributed by atoms with E-state index in [1.807, 2.05) is 6.07 Å². The SMILES string of the molecule is CCc1c(NC2=NCCN2)cc(Cl)c2nc[nH]c12. The molecular weight excluding hydrogens is 250 g/mol. The smallest absolute Gasteiger partial charge is 0.195 e. The number of fused-ring (bicyclic) bond motifs is 1. The summed E-state index contributed by atoms with van der Waals surface area (Å²) in [6, 6.07) is 1.91. The summed E-state index contributed by atoms with van der Waals surface area (Å²) >= 11 is 6.24. The van der Waals surface area contributed by atoms with Crippen molar-refractivity contribution in [1.82, 2.24) is 15.3 Å². The molecule has 6 heteroatoms. The molecular formula is C12H14ClN5. The molecule has 0 atom stereocenters. The molecule has 0 radical (unpaired) electrons. The van der Waals surface area contributed by atoms with E-state index >= 15 is 0 Å². The first-order chi connectivity index (χ1) is 8.79. The number of aromatic amines is 1. The number of aromatic nitrogens is 2. The first-order valence-corrected chi connectivity index (χ1v) is 6.37. The molecule has 2 heterocycles. The third-order valence-electron chi connectivity index (χ3n) is 3.04. The van der Waals surface area contributed by atoms with Crippen LogP contribution in [0.1, 0.15) is 12.5 Å². The number of hydrogen-bond acceptors (Lipinski definition) is 4. The second-order valence-corrected chi connectivity index (χ2v) is 4.55. The fourth-order valence-electron chi connectivity index (χ4n) is 2.21. The van der Waals surface area contributed by atoms with Crippen molar-refractivity contribution in [3.63, 3.8) is 0 Å². The van der Waals surface area contributed by atoms with Crippen LogP contribution in [0.25, 0.3) is 11.0 Å². The molecule has 1 aliphatic rings. The molecule has 3 rings (SSSR count). The molecule has 3 N–H and O–H groups in total. The van der Waals surface area contributed by atoms with Gasteiger partial charge < -0.3 is 15.6 Å². The lowest BCUT2D eigenvalue weighted by Crippen LogP contribution is -2.26. The van der Waals surface area contributed by atoms with Crippen molar-refractivity contribution in [2.24, 2.45) is 4.99 Å². The van der Waals surface area contributed by atoms with Gasteiger partial charge in [-0.1, -0.05) is 18.5 Å². The van der Waals surface area contributed by atoms with Crippen LogP contribution in [-0.2, 0) is 6.42 Å². The van der Waals surface area contributed by atoms with Crippen LogP contribution in [0.2, 0.25) is 5.02 Å². The fourth-order valence-corrected chi connectivity index (χ4v) is 2.46. The minimum absolute atomic E-state index is 0.643. The van der Waals surface area contributed by atoms with Gasteiger partial charge in [0, 0.05) is 17.8 Å². The van der Waals surface area contributed by atoms with Crippen molar-refractivity contribution in [1.29, 1.82) is 0 Å². The van der Waals surface area contributed by atoms with Crippen molar-refractivity contribution >= 4 is 34.3 Å². The van der Waals surface area contributed by atoms with E-state index in [2.05, 4.69) is 32.5 Å². The molecule has 0 bridgehead atoms. The number of halogens is 1. The number of anilines is 1. The Morgan fingerprint density at radius 3 is 3.11 bits per heavy atom. The second-order valence-electron chi connectivity index (χ2n) is 4.15. The molecule has 0 unspecified atom stereocenters. The van der Waals surface area contributed by atoms with E-state index in [4.69, 9.17) is 11.6 Å². The zero-order valence-corrected chi connectivity index (χ0v) is 10.8. The number of rotatable bonds is 2. The standard InChI is InChI=1S/C12H14ClN5/c1-2-7-9(18-12-14-3-4-15-12)5-8(13)11-10(7)16-6-17-11/h5-6H,2-4H2,1H3,(H,16,17)(H2,14,15,18). The maximum atomic E-state index is 6.24. The predicted molar refractivity (Wildman–Crippen MR) is 74.4 cm³/mol. The molecule has 94 valence electrons. The van der Waals surface area contributed by atoms with Crippen LogP contribution in [0.4, 0.5) is 5.69 Å². The summed E-state index contributed by atoms with van der Waals surface area (Å²) in [5.74, 6) is 0.805. The number of aliphatic imine (C=N–C) groups is 1. The first-order valence-electron chi connectivity index (χ1n) is 5.99. The van der Waals surface area contributed by atoms with Gasteiger partial charge in [-0.15, -0.1) is 0 Å². The normalized spacial score (nSPS) is 14.7. The monoisotopic (exact) mass is 263 g/mol. The lowest BCUT2D eigenvalue weighted by Gasteiger charge is -2.12. The van der Waals surface area contributed by atoms with Gasteiger partial charge in [0.05, 0.1) is 23.4 Å². The van der Waals surface area contributed by atoms with Crippen molar-refractivity contribution < 1.29 is 0 Å². The van der Waals surface area contributed by atoms with E-state index in [9.17, 15) is 0 Å². The third kappa shape index (κ3) is 1.80. The van der Waals surface area contributed by atoms with Gasteiger partial charge in [-0.05, 0) is 12.5 Å². The highest BCUT2D eigenvalue weighted by Gasteiger charge is 2.14. The number of nitrogens with zero attached hydrogens (tertiary/aromatic N) is 2. The summed E-state index contributed by atoms with van der Waals surface area (Å²) in [6.07, 6.45) is 2.57. The van der Waals surface area contributed by atoms with Crippen LogP contribution in [0.5, 0.6) is 0 Å². The van der Waals surface area contributed by atoms with Crippen LogP contribution in [0.3, 0.4) is 0 Å². The lowest BCUT2D eigenvalue weighted by molar-refractivity contribution is 0.959.